The summed E-state index contributed by atoms with van der Waals surface area (Å²) in [4.78, 5) is 21.4. The van der Waals surface area contributed by atoms with Gasteiger partial charge in [0.25, 0.3) is 0 Å². The van der Waals surface area contributed by atoms with Gasteiger partial charge in [0.2, 0.25) is 5.89 Å². The molecule has 160 valence electrons. The van der Waals surface area contributed by atoms with E-state index >= 15 is 0 Å². The third kappa shape index (κ3) is 6.19. The molecule has 7 heteroatoms. The molecule has 2 rings (SSSR count). The molecule has 1 saturated heterocycles. The number of aromatic nitrogens is 2. The third-order valence-electron chi connectivity index (χ3n) is 5.14. The zero-order valence-corrected chi connectivity index (χ0v) is 18.9. The topological polar surface area (TPSA) is 71.7 Å². The summed E-state index contributed by atoms with van der Waals surface area (Å²) in [5.74, 6) is 2.09. The molecule has 0 unspecified atom stereocenters. The summed E-state index contributed by atoms with van der Waals surface area (Å²) >= 11 is 0. The summed E-state index contributed by atoms with van der Waals surface area (Å²) < 4.78 is 11.1. The van der Waals surface area contributed by atoms with Crippen molar-refractivity contribution in [2.75, 3.05) is 19.6 Å². The van der Waals surface area contributed by atoms with Crippen LogP contribution in [-0.2, 0) is 4.74 Å². The van der Waals surface area contributed by atoms with Crippen LogP contribution in [0.3, 0.4) is 0 Å². The molecule has 1 aromatic rings. The molecule has 2 heterocycles. The van der Waals surface area contributed by atoms with Crippen molar-refractivity contribution < 1.29 is 14.1 Å². The van der Waals surface area contributed by atoms with Crippen LogP contribution in [0.5, 0.6) is 0 Å². The number of amides is 1. The third-order valence-corrected chi connectivity index (χ3v) is 5.14. The number of carbonyl (C=O) groups is 1. The first-order chi connectivity index (χ1) is 13.0. The van der Waals surface area contributed by atoms with Crippen LogP contribution in [0.25, 0.3) is 0 Å². The van der Waals surface area contributed by atoms with Gasteiger partial charge in [-0.3, -0.25) is 4.90 Å². The fraction of sp³-hybridized carbons (Fsp3) is 0.857. The zero-order chi connectivity index (χ0) is 21.1. The lowest BCUT2D eigenvalue weighted by atomic mass is 9.96. The minimum atomic E-state index is -0.483. The Morgan fingerprint density at radius 3 is 2.50 bits per heavy atom. The number of hydrogen-bond donors (Lipinski definition) is 0. The van der Waals surface area contributed by atoms with E-state index in [9.17, 15) is 4.79 Å². The van der Waals surface area contributed by atoms with E-state index in [1.54, 1.807) is 0 Å². The Morgan fingerprint density at radius 1 is 1.29 bits per heavy atom. The maximum absolute atomic E-state index is 12.6. The van der Waals surface area contributed by atoms with Crippen molar-refractivity contribution in [1.29, 1.82) is 0 Å². The van der Waals surface area contributed by atoms with Crippen LogP contribution in [0, 0.1) is 5.92 Å². The first kappa shape index (κ1) is 22.7. The molecule has 28 heavy (non-hydrogen) atoms. The lowest BCUT2D eigenvalue weighted by Crippen LogP contribution is -2.47. The van der Waals surface area contributed by atoms with Crippen LogP contribution >= 0.6 is 0 Å². The Balaban J connectivity index is 2.01. The number of nitrogens with zero attached hydrogens (tertiary/aromatic N) is 4. The number of likely N-dealkylation sites (tertiary alicyclic amines) is 1. The van der Waals surface area contributed by atoms with E-state index in [2.05, 4.69) is 35.8 Å². The Kier molecular flexibility index (Phi) is 7.48. The van der Waals surface area contributed by atoms with E-state index in [0.717, 1.165) is 31.8 Å². The number of hydrogen-bond acceptors (Lipinski definition) is 6. The Hall–Kier alpha value is -1.63. The van der Waals surface area contributed by atoms with E-state index in [0.29, 0.717) is 18.4 Å². The molecule has 0 saturated carbocycles. The van der Waals surface area contributed by atoms with E-state index in [-0.39, 0.29) is 24.1 Å². The minimum absolute atomic E-state index is 0.0804. The van der Waals surface area contributed by atoms with Crippen molar-refractivity contribution in [2.24, 2.45) is 5.92 Å². The van der Waals surface area contributed by atoms with Crippen molar-refractivity contribution >= 4 is 6.09 Å². The van der Waals surface area contributed by atoms with E-state index in [1.807, 2.05) is 39.5 Å². The minimum Gasteiger partial charge on any atom is -0.444 e. The van der Waals surface area contributed by atoms with Gasteiger partial charge >= 0.3 is 6.09 Å². The normalized spacial score (nSPS) is 19.9. The van der Waals surface area contributed by atoms with Gasteiger partial charge in [-0.25, -0.2) is 4.79 Å². The Morgan fingerprint density at radius 2 is 1.96 bits per heavy atom. The predicted molar refractivity (Wildman–Crippen MR) is 109 cm³/mol. The highest BCUT2D eigenvalue weighted by atomic mass is 16.6. The highest BCUT2D eigenvalue weighted by Gasteiger charge is 2.31. The van der Waals surface area contributed by atoms with Crippen LogP contribution in [0.15, 0.2) is 4.52 Å². The number of rotatable bonds is 6. The second-order valence-corrected chi connectivity index (χ2v) is 9.55. The maximum Gasteiger partial charge on any atom is 0.410 e. The SMILES string of the molecule is CC(C)c1noc([C@@H](C)N2CCC[C@@H](CN(C(=O)OC(C)(C)C)C(C)C)C2)n1. The molecular formula is C21H38N4O3. The lowest BCUT2D eigenvalue weighted by Gasteiger charge is -2.39. The lowest BCUT2D eigenvalue weighted by molar-refractivity contribution is 0.0101. The molecule has 0 radical (unpaired) electrons. The summed E-state index contributed by atoms with van der Waals surface area (Å²) in [6.07, 6.45) is 1.97. The molecule has 1 aliphatic heterocycles. The van der Waals surface area contributed by atoms with Gasteiger partial charge in [0.05, 0.1) is 6.04 Å². The maximum atomic E-state index is 12.6. The quantitative estimate of drug-likeness (QED) is 0.701. The van der Waals surface area contributed by atoms with Crippen LogP contribution in [-0.4, -0.2) is 57.3 Å². The van der Waals surface area contributed by atoms with Crippen LogP contribution in [0.4, 0.5) is 4.79 Å². The summed E-state index contributed by atoms with van der Waals surface area (Å²) in [5.41, 5.74) is -0.483. The van der Waals surface area contributed by atoms with Crippen molar-refractivity contribution in [3.05, 3.63) is 11.7 Å². The van der Waals surface area contributed by atoms with Gasteiger partial charge in [-0.15, -0.1) is 0 Å². The van der Waals surface area contributed by atoms with E-state index in [4.69, 9.17) is 9.26 Å². The summed E-state index contributed by atoms with van der Waals surface area (Å²) in [7, 11) is 0. The molecule has 1 aliphatic rings. The first-order valence-electron chi connectivity index (χ1n) is 10.5. The van der Waals surface area contributed by atoms with Crippen molar-refractivity contribution in [3.63, 3.8) is 0 Å². The molecule has 7 nitrogen and oxygen atoms in total. The molecule has 0 spiro atoms. The van der Waals surface area contributed by atoms with Gasteiger partial charge in [-0.05, 0) is 66.8 Å². The summed E-state index contributed by atoms with van der Waals surface area (Å²) in [6, 6.07) is 0.184. The molecule has 1 amide bonds. The molecule has 0 N–H and O–H groups in total. The molecule has 0 bridgehead atoms. The molecule has 1 fully saturated rings. The van der Waals surface area contributed by atoms with E-state index in [1.165, 1.54) is 0 Å². The summed E-state index contributed by atoms with van der Waals surface area (Å²) in [5, 5.41) is 4.10. The summed E-state index contributed by atoms with van der Waals surface area (Å²) in [6.45, 7) is 18.7. The fourth-order valence-electron chi connectivity index (χ4n) is 3.50. The number of carbonyl (C=O) groups excluding carboxylic acids is 1. The van der Waals surface area contributed by atoms with Gasteiger partial charge in [0.1, 0.15) is 5.60 Å². The number of piperidine rings is 1. The molecule has 2 atom stereocenters. The highest BCUT2D eigenvalue weighted by molar-refractivity contribution is 5.68. The van der Waals surface area contributed by atoms with Crippen LogP contribution in [0.2, 0.25) is 0 Å². The van der Waals surface area contributed by atoms with Crippen molar-refractivity contribution in [1.82, 2.24) is 19.9 Å². The first-order valence-corrected chi connectivity index (χ1v) is 10.5. The largest absolute Gasteiger partial charge is 0.444 e. The van der Waals surface area contributed by atoms with E-state index < -0.39 is 5.60 Å². The monoisotopic (exact) mass is 394 g/mol. The highest BCUT2D eigenvalue weighted by Crippen LogP contribution is 2.27. The standard InChI is InChI=1S/C21H38N4O3/c1-14(2)18-22-19(28-23-18)16(5)24-11-9-10-17(12-24)13-25(15(3)4)20(26)27-21(6,7)8/h14-17H,9-13H2,1-8H3/t16-,17-/m1/s1. The molecule has 0 aliphatic carbocycles. The Bertz CT molecular complexity index is 636. The van der Waals surface area contributed by atoms with Crippen LogP contribution in [0.1, 0.15) is 91.9 Å². The van der Waals surface area contributed by atoms with Crippen LogP contribution < -0.4 is 0 Å². The average molecular weight is 395 g/mol. The number of ether oxygens (including phenoxy) is 1. The molecule has 0 aromatic carbocycles. The van der Waals surface area contributed by atoms with Gasteiger partial charge < -0.3 is 14.2 Å². The molecule has 1 aromatic heterocycles. The molecular weight excluding hydrogens is 356 g/mol. The van der Waals surface area contributed by atoms with Gasteiger partial charge in [0, 0.05) is 25.0 Å². The Labute approximate surface area is 169 Å². The smallest absolute Gasteiger partial charge is 0.410 e. The van der Waals surface area contributed by atoms with Gasteiger partial charge in [-0.1, -0.05) is 19.0 Å². The van der Waals surface area contributed by atoms with Gasteiger partial charge in [0.15, 0.2) is 5.82 Å². The second-order valence-electron chi connectivity index (χ2n) is 9.55. The fourth-order valence-corrected chi connectivity index (χ4v) is 3.50. The average Bonchev–Trinajstić information content (AvgIpc) is 3.07. The zero-order valence-electron chi connectivity index (χ0n) is 18.9. The second kappa shape index (κ2) is 9.25. The van der Waals surface area contributed by atoms with Crippen molar-refractivity contribution in [2.45, 2.75) is 91.8 Å². The predicted octanol–water partition coefficient (Wildman–Crippen LogP) is 4.61. The van der Waals surface area contributed by atoms with Gasteiger partial charge in [-0.2, -0.15) is 4.98 Å². The van der Waals surface area contributed by atoms with Crippen molar-refractivity contribution in [3.8, 4) is 0 Å².